The summed E-state index contributed by atoms with van der Waals surface area (Å²) in [7, 11) is 1.65. The molecule has 0 fully saturated rings. The molecular weight excluding hydrogens is 288 g/mol. The van der Waals surface area contributed by atoms with Gasteiger partial charge in [-0.05, 0) is 48.5 Å². The van der Waals surface area contributed by atoms with Gasteiger partial charge in [0.15, 0.2) is 0 Å². The number of phenolic OH excluding ortho intramolecular Hbond substituents is 1. The predicted octanol–water partition coefficient (Wildman–Crippen LogP) is 4.89. The number of para-hydroxylation sites is 2. The number of aromatic hydroxyl groups is 1. The fraction of sp³-hybridized carbons (Fsp3) is 0.0526. The van der Waals surface area contributed by atoms with Crippen LogP contribution in [0.3, 0.4) is 0 Å². The van der Waals surface area contributed by atoms with Crippen LogP contribution in [0.15, 0.2) is 72.8 Å². The molecule has 3 aromatic carbocycles. The molecule has 116 valence electrons. The topological polar surface area (TPSA) is 53.5 Å². The molecule has 0 saturated heterocycles. The largest absolute Gasteiger partial charge is 0.506 e. The molecule has 0 spiro atoms. The van der Waals surface area contributed by atoms with E-state index >= 15 is 0 Å². The quantitative estimate of drug-likeness (QED) is 0.588. The lowest BCUT2D eigenvalue weighted by Gasteiger charge is -2.11. The van der Waals surface area contributed by atoms with Crippen molar-refractivity contribution in [2.75, 3.05) is 17.7 Å². The number of methoxy groups -OCH3 is 1. The minimum atomic E-state index is 0.228. The Balaban J connectivity index is 1.70. The Morgan fingerprint density at radius 3 is 2.13 bits per heavy atom. The first-order chi connectivity index (χ1) is 11.2. The molecule has 0 atom stereocenters. The van der Waals surface area contributed by atoms with E-state index in [1.165, 1.54) is 0 Å². The van der Waals surface area contributed by atoms with Crippen molar-refractivity contribution in [1.82, 2.24) is 0 Å². The summed E-state index contributed by atoms with van der Waals surface area (Å²) >= 11 is 0. The third kappa shape index (κ3) is 3.74. The molecule has 0 radical (unpaired) electrons. The lowest BCUT2D eigenvalue weighted by atomic mass is 10.2. The van der Waals surface area contributed by atoms with Crippen LogP contribution in [0.2, 0.25) is 0 Å². The number of anilines is 4. The van der Waals surface area contributed by atoms with Crippen LogP contribution >= 0.6 is 0 Å². The Labute approximate surface area is 135 Å². The Morgan fingerprint density at radius 1 is 0.739 bits per heavy atom. The van der Waals surface area contributed by atoms with Gasteiger partial charge in [0.05, 0.1) is 12.8 Å². The standard InChI is InChI=1S/C19H18N2O2/c1-23-17-6-4-5-16(13-17)20-14-9-11-15(12-10-14)21-18-7-2-3-8-19(18)22/h2-13,20-22H,1H3. The molecule has 0 aliphatic carbocycles. The van der Waals surface area contributed by atoms with Crippen LogP contribution < -0.4 is 15.4 Å². The summed E-state index contributed by atoms with van der Waals surface area (Å²) in [5, 5.41) is 16.3. The monoisotopic (exact) mass is 306 g/mol. The molecule has 0 heterocycles. The van der Waals surface area contributed by atoms with Gasteiger partial charge >= 0.3 is 0 Å². The maximum atomic E-state index is 9.78. The van der Waals surface area contributed by atoms with E-state index in [4.69, 9.17) is 4.74 Å². The van der Waals surface area contributed by atoms with Crippen molar-refractivity contribution >= 4 is 22.7 Å². The molecule has 23 heavy (non-hydrogen) atoms. The zero-order chi connectivity index (χ0) is 16.1. The number of hydrogen-bond donors (Lipinski definition) is 3. The number of phenols is 1. The highest BCUT2D eigenvalue weighted by Gasteiger charge is 2.01. The van der Waals surface area contributed by atoms with Crippen molar-refractivity contribution in [3.05, 3.63) is 72.8 Å². The minimum Gasteiger partial charge on any atom is -0.506 e. The third-order valence-corrected chi connectivity index (χ3v) is 3.43. The normalized spacial score (nSPS) is 10.1. The van der Waals surface area contributed by atoms with E-state index in [-0.39, 0.29) is 5.75 Å². The molecule has 0 bridgehead atoms. The molecule has 3 rings (SSSR count). The van der Waals surface area contributed by atoms with E-state index in [0.29, 0.717) is 5.69 Å². The molecule has 3 aromatic rings. The zero-order valence-corrected chi connectivity index (χ0v) is 12.8. The average molecular weight is 306 g/mol. The molecule has 3 N–H and O–H groups in total. The summed E-state index contributed by atoms with van der Waals surface area (Å²) < 4.78 is 5.22. The summed E-state index contributed by atoms with van der Waals surface area (Å²) in [6.45, 7) is 0. The lowest BCUT2D eigenvalue weighted by molar-refractivity contribution is 0.415. The van der Waals surface area contributed by atoms with Gasteiger partial charge in [-0.25, -0.2) is 0 Å². The first-order valence-corrected chi connectivity index (χ1v) is 7.31. The van der Waals surface area contributed by atoms with E-state index in [2.05, 4.69) is 10.6 Å². The van der Waals surface area contributed by atoms with Crippen LogP contribution in [0.1, 0.15) is 0 Å². The molecule has 4 nitrogen and oxygen atoms in total. The average Bonchev–Trinajstić information content (AvgIpc) is 2.59. The van der Waals surface area contributed by atoms with Gasteiger partial charge in [-0.3, -0.25) is 0 Å². The van der Waals surface area contributed by atoms with Gasteiger partial charge < -0.3 is 20.5 Å². The van der Waals surface area contributed by atoms with E-state index in [9.17, 15) is 5.11 Å². The molecule has 0 saturated carbocycles. The molecule has 0 aliphatic rings. The van der Waals surface area contributed by atoms with Crippen LogP contribution in [0.5, 0.6) is 11.5 Å². The van der Waals surface area contributed by atoms with Crippen molar-refractivity contribution in [2.45, 2.75) is 0 Å². The Bertz CT molecular complexity index is 785. The SMILES string of the molecule is COc1cccc(Nc2ccc(Nc3ccccc3O)cc2)c1. The lowest BCUT2D eigenvalue weighted by Crippen LogP contribution is -1.93. The molecular formula is C19H18N2O2. The summed E-state index contributed by atoms with van der Waals surface area (Å²) in [4.78, 5) is 0. The van der Waals surface area contributed by atoms with E-state index < -0.39 is 0 Å². The molecule has 0 aliphatic heterocycles. The van der Waals surface area contributed by atoms with Crippen molar-refractivity contribution < 1.29 is 9.84 Å². The Morgan fingerprint density at radius 2 is 1.43 bits per heavy atom. The van der Waals surface area contributed by atoms with Gasteiger partial charge in [0.25, 0.3) is 0 Å². The molecule has 4 heteroatoms. The number of rotatable bonds is 5. The second-order valence-electron chi connectivity index (χ2n) is 5.08. The predicted molar refractivity (Wildman–Crippen MR) is 94.1 cm³/mol. The smallest absolute Gasteiger partial charge is 0.139 e. The van der Waals surface area contributed by atoms with Crippen LogP contribution in [-0.4, -0.2) is 12.2 Å². The van der Waals surface area contributed by atoms with Crippen molar-refractivity contribution in [2.24, 2.45) is 0 Å². The third-order valence-electron chi connectivity index (χ3n) is 3.43. The van der Waals surface area contributed by atoms with Gasteiger partial charge in [0.2, 0.25) is 0 Å². The Hall–Kier alpha value is -3.14. The highest BCUT2D eigenvalue weighted by molar-refractivity contribution is 5.69. The minimum absolute atomic E-state index is 0.228. The van der Waals surface area contributed by atoms with Crippen LogP contribution in [0, 0.1) is 0 Å². The van der Waals surface area contributed by atoms with Crippen LogP contribution in [0.25, 0.3) is 0 Å². The molecule has 0 amide bonds. The van der Waals surface area contributed by atoms with E-state index in [1.807, 2.05) is 60.7 Å². The van der Waals surface area contributed by atoms with Gasteiger partial charge in [0.1, 0.15) is 11.5 Å². The zero-order valence-electron chi connectivity index (χ0n) is 12.8. The number of ether oxygens (including phenoxy) is 1. The summed E-state index contributed by atoms with van der Waals surface area (Å²) in [5.74, 6) is 1.04. The fourth-order valence-electron chi connectivity index (χ4n) is 2.24. The summed E-state index contributed by atoms with van der Waals surface area (Å²) in [6.07, 6.45) is 0. The molecule has 0 unspecified atom stereocenters. The first-order valence-electron chi connectivity index (χ1n) is 7.31. The van der Waals surface area contributed by atoms with Gasteiger partial charge in [-0.1, -0.05) is 18.2 Å². The second kappa shape index (κ2) is 6.75. The van der Waals surface area contributed by atoms with Crippen LogP contribution in [-0.2, 0) is 0 Å². The van der Waals surface area contributed by atoms with Crippen molar-refractivity contribution in [1.29, 1.82) is 0 Å². The Kier molecular flexibility index (Phi) is 4.34. The number of benzene rings is 3. The van der Waals surface area contributed by atoms with Crippen molar-refractivity contribution in [3.63, 3.8) is 0 Å². The first kappa shape index (κ1) is 14.8. The van der Waals surface area contributed by atoms with E-state index in [0.717, 1.165) is 22.8 Å². The second-order valence-corrected chi connectivity index (χ2v) is 5.08. The maximum Gasteiger partial charge on any atom is 0.139 e. The highest BCUT2D eigenvalue weighted by atomic mass is 16.5. The fourth-order valence-corrected chi connectivity index (χ4v) is 2.24. The molecule has 0 aromatic heterocycles. The van der Waals surface area contributed by atoms with Gasteiger partial charge in [-0.15, -0.1) is 0 Å². The number of hydrogen-bond acceptors (Lipinski definition) is 4. The maximum absolute atomic E-state index is 9.78. The van der Waals surface area contributed by atoms with E-state index in [1.54, 1.807) is 19.2 Å². The summed E-state index contributed by atoms with van der Waals surface area (Å²) in [5.41, 5.74) is 3.52. The van der Waals surface area contributed by atoms with Crippen molar-refractivity contribution in [3.8, 4) is 11.5 Å². The van der Waals surface area contributed by atoms with Gasteiger partial charge in [-0.2, -0.15) is 0 Å². The highest BCUT2D eigenvalue weighted by Crippen LogP contribution is 2.27. The van der Waals surface area contributed by atoms with Crippen LogP contribution in [0.4, 0.5) is 22.7 Å². The number of nitrogens with one attached hydrogen (secondary N) is 2. The summed E-state index contributed by atoms with van der Waals surface area (Å²) in [6, 6.07) is 22.8. The van der Waals surface area contributed by atoms with Gasteiger partial charge in [0, 0.05) is 23.1 Å².